The number of hydrogen-bond acceptors (Lipinski definition) is 5. The van der Waals surface area contributed by atoms with Crippen molar-refractivity contribution in [3.8, 4) is 11.5 Å². The second-order valence-corrected chi connectivity index (χ2v) is 6.42. The molecule has 1 heterocycles. The van der Waals surface area contributed by atoms with Crippen molar-refractivity contribution in [2.45, 2.75) is 6.92 Å². The molecule has 1 N–H and O–H groups in total. The summed E-state index contributed by atoms with van der Waals surface area (Å²) in [6.45, 7) is 5.81. The molecule has 0 amide bonds. The Balaban J connectivity index is 1.72. The molecule has 0 spiro atoms. The zero-order chi connectivity index (χ0) is 17.6. The third-order valence-corrected chi connectivity index (χ3v) is 4.76. The zero-order valence-corrected chi connectivity index (χ0v) is 15.7. The fraction of sp³-hybridized carbons (Fsp3) is 0.316. The van der Waals surface area contributed by atoms with Crippen LogP contribution in [0.4, 0.5) is 11.4 Å². The van der Waals surface area contributed by atoms with Crippen molar-refractivity contribution in [1.29, 1.82) is 0 Å². The highest BCUT2D eigenvalue weighted by molar-refractivity contribution is 9.10. The molecule has 0 saturated carbocycles. The maximum absolute atomic E-state index is 10.3. The van der Waals surface area contributed by atoms with Crippen LogP contribution in [-0.2, 0) is 4.74 Å². The van der Waals surface area contributed by atoms with Crippen LogP contribution in [0.2, 0.25) is 0 Å². The van der Waals surface area contributed by atoms with Gasteiger partial charge in [0.05, 0.1) is 25.5 Å². The largest absolute Gasteiger partial charge is 0.506 e. The number of rotatable bonds is 5. The van der Waals surface area contributed by atoms with Gasteiger partial charge in [-0.05, 0) is 59.3 Å². The van der Waals surface area contributed by atoms with Crippen LogP contribution >= 0.6 is 15.9 Å². The number of halogens is 1. The Hall–Kier alpha value is -2.05. The first-order valence-corrected chi connectivity index (χ1v) is 9.09. The summed E-state index contributed by atoms with van der Waals surface area (Å²) < 4.78 is 11.4. The highest BCUT2D eigenvalue weighted by Crippen LogP contribution is 2.36. The summed E-state index contributed by atoms with van der Waals surface area (Å²) in [5.74, 6) is 0.742. The van der Waals surface area contributed by atoms with Gasteiger partial charge in [0, 0.05) is 30.6 Å². The molecular formula is C19H21BrN2O3. The highest BCUT2D eigenvalue weighted by atomic mass is 79.9. The number of aromatic hydroxyl groups is 1. The van der Waals surface area contributed by atoms with Crippen molar-refractivity contribution in [1.82, 2.24) is 0 Å². The molecule has 0 atom stereocenters. The fourth-order valence-electron chi connectivity index (χ4n) is 2.65. The number of phenolic OH excluding ortho intramolecular Hbond substituents is 1. The van der Waals surface area contributed by atoms with Crippen molar-refractivity contribution in [2.75, 3.05) is 37.8 Å². The van der Waals surface area contributed by atoms with Gasteiger partial charge >= 0.3 is 0 Å². The van der Waals surface area contributed by atoms with Crippen molar-refractivity contribution in [3.63, 3.8) is 0 Å². The molecule has 1 aliphatic heterocycles. The van der Waals surface area contributed by atoms with Gasteiger partial charge in [-0.25, -0.2) is 0 Å². The van der Waals surface area contributed by atoms with Gasteiger partial charge < -0.3 is 19.5 Å². The summed E-state index contributed by atoms with van der Waals surface area (Å²) in [5.41, 5.74) is 2.64. The SMILES string of the molecule is CCOc1ccc(C=Nc2ccc(N3CCOCC3)cc2)c(O)c1Br. The Kier molecular flexibility index (Phi) is 5.94. The minimum absolute atomic E-state index is 0.125. The van der Waals surface area contributed by atoms with E-state index in [1.54, 1.807) is 12.3 Å². The lowest BCUT2D eigenvalue weighted by atomic mass is 10.2. The normalized spacial score (nSPS) is 14.9. The fourth-order valence-corrected chi connectivity index (χ4v) is 3.12. The van der Waals surface area contributed by atoms with Gasteiger partial charge in [-0.1, -0.05) is 0 Å². The van der Waals surface area contributed by atoms with Gasteiger partial charge in [0.1, 0.15) is 16.0 Å². The van der Waals surface area contributed by atoms with E-state index in [1.165, 1.54) is 5.69 Å². The number of aliphatic imine (C=N–C) groups is 1. The van der Waals surface area contributed by atoms with Gasteiger partial charge in [0.15, 0.2) is 0 Å². The lowest BCUT2D eigenvalue weighted by Crippen LogP contribution is -2.36. The Morgan fingerprint density at radius 3 is 2.60 bits per heavy atom. The quantitative estimate of drug-likeness (QED) is 0.760. The van der Waals surface area contributed by atoms with Crippen LogP contribution in [-0.4, -0.2) is 44.2 Å². The van der Waals surface area contributed by atoms with Crippen LogP contribution in [0.3, 0.4) is 0 Å². The van der Waals surface area contributed by atoms with Crippen LogP contribution < -0.4 is 9.64 Å². The van der Waals surface area contributed by atoms with Crippen LogP contribution in [0, 0.1) is 0 Å². The number of ether oxygens (including phenoxy) is 2. The minimum atomic E-state index is 0.125. The smallest absolute Gasteiger partial charge is 0.142 e. The Morgan fingerprint density at radius 1 is 1.20 bits per heavy atom. The Bertz CT molecular complexity index is 741. The molecule has 1 saturated heterocycles. The third kappa shape index (κ3) is 4.32. The standard InChI is InChI=1S/C19H21BrN2O3/c1-2-25-17-8-3-14(19(23)18(17)20)13-21-15-4-6-16(7-5-15)22-9-11-24-12-10-22/h3-8,13,23H,2,9-12H2,1H3. The van der Waals surface area contributed by atoms with E-state index in [0.717, 1.165) is 32.0 Å². The average molecular weight is 405 g/mol. The third-order valence-electron chi connectivity index (χ3n) is 3.99. The van der Waals surface area contributed by atoms with E-state index in [0.29, 0.717) is 22.4 Å². The predicted molar refractivity (Wildman–Crippen MR) is 104 cm³/mol. The Labute approximate surface area is 156 Å². The maximum atomic E-state index is 10.3. The molecule has 25 heavy (non-hydrogen) atoms. The van der Waals surface area contributed by atoms with Gasteiger partial charge in [0.25, 0.3) is 0 Å². The summed E-state index contributed by atoms with van der Waals surface area (Å²) in [6, 6.07) is 11.7. The van der Waals surface area contributed by atoms with Gasteiger partial charge in [-0.15, -0.1) is 0 Å². The van der Waals surface area contributed by atoms with Crippen molar-refractivity contribution < 1.29 is 14.6 Å². The summed E-state index contributed by atoms with van der Waals surface area (Å²) in [5, 5.41) is 10.3. The van der Waals surface area contributed by atoms with E-state index in [2.05, 4.69) is 38.0 Å². The first kappa shape index (κ1) is 17.8. The average Bonchev–Trinajstić information content (AvgIpc) is 2.66. The second-order valence-electron chi connectivity index (χ2n) is 5.62. The summed E-state index contributed by atoms with van der Waals surface area (Å²) >= 11 is 3.36. The lowest BCUT2D eigenvalue weighted by Gasteiger charge is -2.28. The number of nitrogens with zero attached hydrogens (tertiary/aromatic N) is 2. The number of anilines is 1. The molecule has 0 bridgehead atoms. The monoisotopic (exact) mass is 404 g/mol. The molecule has 2 aromatic rings. The highest BCUT2D eigenvalue weighted by Gasteiger charge is 2.11. The van der Waals surface area contributed by atoms with E-state index < -0.39 is 0 Å². The molecule has 0 unspecified atom stereocenters. The van der Waals surface area contributed by atoms with E-state index in [1.807, 2.05) is 25.1 Å². The van der Waals surface area contributed by atoms with E-state index in [-0.39, 0.29) is 5.75 Å². The van der Waals surface area contributed by atoms with E-state index in [9.17, 15) is 5.11 Å². The van der Waals surface area contributed by atoms with Crippen LogP contribution in [0.5, 0.6) is 11.5 Å². The number of benzene rings is 2. The molecule has 0 aliphatic carbocycles. The molecule has 6 heteroatoms. The molecule has 0 aromatic heterocycles. The Morgan fingerprint density at radius 2 is 1.92 bits per heavy atom. The van der Waals surface area contributed by atoms with Crippen molar-refractivity contribution in [3.05, 3.63) is 46.4 Å². The molecule has 1 aliphatic rings. The molecular weight excluding hydrogens is 384 g/mol. The van der Waals surface area contributed by atoms with Crippen molar-refractivity contribution in [2.24, 2.45) is 4.99 Å². The second kappa shape index (κ2) is 8.36. The van der Waals surface area contributed by atoms with Crippen LogP contribution in [0.25, 0.3) is 0 Å². The molecule has 3 rings (SSSR count). The summed E-state index contributed by atoms with van der Waals surface area (Å²) in [6.07, 6.45) is 1.65. The van der Waals surface area contributed by atoms with Crippen LogP contribution in [0.15, 0.2) is 45.9 Å². The zero-order valence-electron chi connectivity index (χ0n) is 14.1. The first-order valence-electron chi connectivity index (χ1n) is 8.30. The van der Waals surface area contributed by atoms with Crippen molar-refractivity contribution >= 4 is 33.5 Å². The number of hydrogen-bond donors (Lipinski definition) is 1. The topological polar surface area (TPSA) is 54.3 Å². The molecule has 5 nitrogen and oxygen atoms in total. The molecule has 132 valence electrons. The summed E-state index contributed by atoms with van der Waals surface area (Å²) in [4.78, 5) is 6.75. The van der Waals surface area contributed by atoms with E-state index >= 15 is 0 Å². The number of morpholine rings is 1. The molecule has 1 fully saturated rings. The van der Waals surface area contributed by atoms with E-state index in [4.69, 9.17) is 9.47 Å². The molecule has 2 aromatic carbocycles. The minimum Gasteiger partial charge on any atom is -0.506 e. The number of phenols is 1. The predicted octanol–water partition coefficient (Wildman–Crippen LogP) is 4.14. The first-order chi connectivity index (χ1) is 12.2. The van der Waals surface area contributed by atoms with Crippen LogP contribution in [0.1, 0.15) is 12.5 Å². The maximum Gasteiger partial charge on any atom is 0.142 e. The summed E-state index contributed by atoms with van der Waals surface area (Å²) in [7, 11) is 0. The van der Waals surface area contributed by atoms with Gasteiger partial charge in [0.2, 0.25) is 0 Å². The van der Waals surface area contributed by atoms with Gasteiger partial charge in [-0.2, -0.15) is 0 Å². The lowest BCUT2D eigenvalue weighted by molar-refractivity contribution is 0.122. The van der Waals surface area contributed by atoms with Gasteiger partial charge in [-0.3, -0.25) is 4.99 Å². The molecule has 0 radical (unpaired) electrons.